The van der Waals surface area contributed by atoms with Gasteiger partial charge in [0, 0.05) is 0 Å². The van der Waals surface area contributed by atoms with E-state index in [1.54, 1.807) is 25.5 Å². The maximum Gasteiger partial charge on any atom is 0.238 e. The molecule has 0 fully saturated rings. The molecule has 2 rings (SSSR count). The molecule has 0 spiro atoms. The lowest BCUT2D eigenvalue weighted by Gasteiger charge is -2.02. The van der Waals surface area contributed by atoms with Crippen LogP contribution in [-0.4, -0.2) is 21.7 Å². The first-order valence-corrected chi connectivity index (χ1v) is 7.60. The Kier molecular flexibility index (Phi) is 4.56. The van der Waals surface area contributed by atoms with Gasteiger partial charge in [0.15, 0.2) is 0 Å². The summed E-state index contributed by atoms with van der Waals surface area (Å²) < 4.78 is 27.3. The number of hydrazone groups is 1. The number of sulfonamides is 1. The van der Waals surface area contributed by atoms with E-state index in [9.17, 15) is 8.42 Å². The SMILES string of the molecule is COc1ccc(/C=N/Nc2ccc(S(N)(=O)=O)cc2)cc1. The molecule has 3 N–H and O–H groups in total. The van der Waals surface area contributed by atoms with Gasteiger partial charge in [-0.3, -0.25) is 5.43 Å². The van der Waals surface area contributed by atoms with Gasteiger partial charge < -0.3 is 4.74 Å². The average Bonchev–Trinajstić information content (AvgIpc) is 2.47. The second-order valence-corrected chi connectivity index (χ2v) is 5.77. The van der Waals surface area contributed by atoms with Gasteiger partial charge in [0.2, 0.25) is 10.0 Å². The van der Waals surface area contributed by atoms with Crippen LogP contribution in [0.3, 0.4) is 0 Å². The normalized spacial score (nSPS) is 11.5. The molecule has 0 saturated heterocycles. The highest BCUT2D eigenvalue weighted by Gasteiger charge is 2.05. The lowest BCUT2D eigenvalue weighted by molar-refractivity contribution is 0.415. The van der Waals surface area contributed by atoms with Crippen molar-refractivity contribution in [2.24, 2.45) is 10.2 Å². The van der Waals surface area contributed by atoms with Crippen molar-refractivity contribution in [3.8, 4) is 5.75 Å². The van der Waals surface area contributed by atoms with Crippen molar-refractivity contribution in [2.75, 3.05) is 12.5 Å². The van der Waals surface area contributed by atoms with Crippen LogP contribution in [0.25, 0.3) is 0 Å². The maximum absolute atomic E-state index is 11.1. The van der Waals surface area contributed by atoms with E-state index < -0.39 is 10.0 Å². The second-order valence-electron chi connectivity index (χ2n) is 4.21. The van der Waals surface area contributed by atoms with Crippen molar-refractivity contribution in [1.29, 1.82) is 0 Å². The summed E-state index contributed by atoms with van der Waals surface area (Å²) in [6.45, 7) is 0. The molecule has 0 radical (unpaired) electrons. The fourth-order valence-electron chi connectivity index (χ4n) is 1.59. The lowest BCUT2D eigenvalue weighted by Crippen LogP contribution is -2.11. The van der Waals surface area contributed by atoms with Gasteiger partial charge in [-0.15, -0.1) is 0 Å². The number of ether oxygens (including phenoxy) is 1. The molecule has 0 aliphatic heterocycles. The van der Waals surface area contributed by atoms with Crippen LogP contribution in [0.15, 0.2) is 58.5 Å². The van der Waals surface area contributed by atoms with E-state index in [1.165, 1.54) is 12.1 Å². The topological polar surface area (TPSA) is 93.8 Å². The van der Waals surface area contributed by atoms with E-state index in [1.807, 2.05) is 24.3 Å². The molecular formula is C14H15N3O3S. The summed E-state index contributed by atoms with van der Waals surface area (Å²) in [5, 5.41) is 9.08. The molecule has 0 saturated carbocycles. The van der Waals surface area contributed by atoms with Crippen LogP contribution in [0.4, 0.5) is 5.69 Å². The fourth-order valence-corrected chi connectivity index (χ4v) is 2.11. The Bertz CT molecular complexity index is 723. The summed E-state index contributed by atoms with van der Waals surface area (Å²) in [7, 11) is -2.06. The standard InChI is InChI=1S/C14H15N3O3S/c1-20-13-6-2-11(3-7-13)10-16-17-12-4-8-14(9-5-12)21(15,18)19/h2-10,17H,1H3,(H2,15,18,19)/b16-10+. The number of benzene rings is 2. The van der Waals surface area contributed by atoms with Crippen molar-refractivity contribution >= 4 is 21.9 Å². The first-order valence-electron chi connectivity index (χ1n) is 6.05. The molecule has 0 aliphatic rings. The highest BCUT2D eigenvalue weighted by atomic mass is 32.2. The number of nitrogens with one attached hydrogen (secondary N) is 1. The Morgan fingerprint density at radius 1 is 1.10 bits per heavy atom. The molecule has 2 aromatic rings. The van der Waals surface area contributed by atoms with Crippen molar-refractivity contribution < 1.29 is 13.2 Å². The monoisotopic (exact) mass is 305 g/mol. The Hall–Kier alpha value is -2.38. The van der Waals surface area contributed by atoms with Crippen LogP contribution in [-0.2, 0) is 10.0 Å². The summed E-state index contributed by atoms with van der Waals surface area (Å²) >= 11 is 0. The predicted molar refractivity (Wildman–Crippen MR) is 82.0 cm³/mol. The molecule has 0 amide bonds. The van der Waals surface area contributed by atoms with Gasteiger partial charge >= 0.3 is 0 Å². The molecule has 0 bridgehead atoms. The van der Waals surface area contributed by atoms with Gasteiger partial charge in [-0.25, -0.2) is 13.6 Å². The van der Waals surface area contributed by atoms with E-state index in [4.69, 9.17) is 9.88 Å². The number of hydrogen-bond donors (Lipinski definition) is 2. The molecule has 21 heavy (non-hydrogen) atoms. The molecule has 2 aromatic carbocycles. The Morgan fingerprint density at radius 3 is 2.24 bits per heavy atom. The highest BCUT2D eigenvalue weighted by Crippen LogP contribution is 2.13. The fraction of sp³-hybridized carbons (Fsp3) is 0.0714. The van der Waals surface area contributed by atoms with Crippen LogP contribution in [0, 0.1) is 0 Å². The zero-order valence-electron chi connectivity index (χ0n) is 11.4. The van der Waals surface area contributed by atoms with Gasteiger partial charge in [-0.1, -0.05) is 0 Å². The number of methoxy groups -OCH3 is 1. The molecule has 0 unspecified atom stereocenters. The average molecular weight is 305 g/mol. The predicted octanol–water partition coefficient (Wildman–Crippen LogP) is 1.79. The smallest absolute Gasteiger partial charge is 0.238 e. The van der Waals surface area contributed by atoms with Crippen LogP contribution in [0.5, 0.6) is 5.75 Å². The number of primary sulfonamides is 1. The molecule has 0 atom stereocenters. The molecular weight excluding hydrogens is 290 g/mol. The number of hydrogen-bond acceptors (Lipinski definition) is 5. The Balaban J connectivity index is 2.00. The summed E-state index contributed by atoms with van der Waals surface area (Å²) in [5.74, 6) is 0.777. The molecule has 110 valence electrons. The van der Waals surface area contributed by atoms with Crippen molar-refractivity contribution in [1.82, 2.24) is 0 Å². The number of anilines is 1. The molecule has 0 heterocycles. The van der Waals surface area contributed by atoms with Gasteiger partial charge in [0.05, 0.1) is 23.9 Å². The van der Waals surface area contributed by atoms with Crippen molar-refractivity contribution in [3.63, 3.8) is 0 Å². The van der Waals surface area contributed by atoms with Crippen LogP contribution in [0.1, 0.15) is 5.56 Å². The zero-order chi connectivity index (χ0) is 15.3. The molecule has 7 heteroatoms. The first kappa shape index (κ1) is 15.0. The van der Waals surface area contributed by atoms with Crippen molar-refractivity contribution in [3.05, 3.63) is 54.1 Å². The highest BCUT2D eigenvalue weighted by molar-refractivity contribution is 7.89. The maximum atomic E-state index is 11.1. The van der Waals surface area contributed by atoms with E-state index in [0.29, 0.717) is 5.69 Å². The van der Waals surface area contributed by atoms with Gasteiger partial charge in [-0.2, -0.15) is 5.10 Å². The second kappa shape index (κ2) is 6.38. The van der Waals surface area contributed by atoms with E-state index in [-0.39, 0.29) is 4.90 Å². The van der Waals surface area contributed by atoms with E-state index in [2.05, 4.69) is 10.5 Å². The molecule has 6 nitrogen and oxygen atoms in total. The lowest BCUT2D eigenvalue weighted by atomic mass is 10.2. The van der Waals surface area contributed by atoms with Crippen molar-refractivity contribution in [2.45, 2.75) is 4.90 Å². The quantitative estimate of drug-likeness (QED) is 0.650. The van der Waals surface area contributed by atoms with Gasteiger partial charge in [0.25, 0.3) is 0 Å². The van der Waals surface area contributed by atoms with Crippen LogP contribution < -0.4 is 15.3 Å². The van der Waals surface area contributed by atoms with Gasteiger partial charge in [-0.05, 0) is 54.1 Å². The third-order valence-electron chi connectivity index (χ3n) is 2.71. The summed E-state index contributed by atoms with van der Waals surface area (Å²) in [4.78, 5) is 0.0622. The minimum atomic E-state index is -3.67. The van der Waals surface area contributed by atoms with Crippen LogP contribution in [0.2, 0.25) is 0 Å². The summed E-state index contributed by atoms with van der Waals surface area (Å²) in [6.07, 6.45) is 1.65. The minimum Gasteiger partial charge on any atom is -0.497 e. The number of rotatable bonds is 5. The third kappa shape index (κ3) is 4.30. The summed E-state index contributed by atoms with van der Waals surface area (Å²) in [6, 6.07) is 13.4. The zero-order valence-corrected chi connectivity index (χ0v) is 12.2. The Morgan fingerprint density at radius 2 is 1.71 bits per heavy atom. The Labute approximate surface area is 123 Å². The third-order valence-corrected chi connectivity index (χ3v) is 3.64. The largest absolute Gasteiger partial charge is 0.497 e. The number of nitrogens with zero attached hydrogens (tertiary/aromatic N) is 1. The minimum absolute atomic E-state index is 0.0622. The number of nitrogens with two attached hydrogens (primary N) is 1. The van der Waals surface area contributed by atoms with E-state index >= 15 is 0 Å². The van der Waals surface area contributed by atoms with Crippen LogP contribution >= 0.6 is 0 Å². The van der Waals surface area contributed by atoms with E-state index in [0.717, 1.165) is 11.3 Å². The summed E-state index contributed by atoms with van der Waals surface area (Å²) in [5.41, 5.74) is 4.37. The molecule has 0 aliphatic carbocycles. The van der Waals surface area contributed by atoms with Gasteiger partial charge in [0.1, 0.15) is 5.75 Å². The molecule has 0 aromatic heterocycles. The first-order chi connectivity index (χ1) is 9.99.